The summed E-state index contributed by atoms with van der Waals surface area (Å²) in [7, 11) is 4.67. The molecule has 3 amide bonds. The molecule has 5 rings (SSSR count). The molecule has 0 saturated carbocycles. The number of rotatable bonds is 10. The van der Waals surface area contributed by atoms with Crippen LogP contribution in [-0.4, -0.2) is 84.9 Å². The van der Waals surface area contributed by atoms with Crippen molar-refractivity contribution in [3.8, 4) is 11.5 Å². The summed E-state index contributed by atoms with van der Waals surface area (Å²) in [5.74, 6) is 1.03. The molecule has 5 atom stereocenters. The van der Waals surface area contributed by atoms with Crippen molar-refractivity contribution >= 4 is 34.5 Å². The quantitative estimate of drug-likeness (QED) is 0.189. The van der Waals surface area contributed by atoms with Crippen molar-refractivity contribution in [2.24, 2.45) is 0 Å². The normalized spacial score (nSPS) is 24.4. The molecule has 2 N–H and O–H groups in total. The van der Waals surface area contributed by atoms with Gasteiger partial charge in [-0.25, -0.2) is 4.79 Å². The lowest BCUT2D eigenvalue weighted by atomic mass is 9.80. The monoisotopic (exact) mass is 688 g/mol. The molecular weight excluding hydrogens is 655 g/mol. The van der Waals surface area contributed by atoms with Gasteiger partial charge in [0, 0.05) is 13.7 Å². The molecule has 11 heteroatoms. The Kier molecular flexibility index (Phi) is 9.33. The second-order valence-corrected chi connectivity index (χ2v) is 11.5. The summed E-state index contributed by atoms with van der Waals surface area (Å²) in [4.78, 5) is 26.1. The topological polar surface area (TPSA) is 116 Å². The van der Waals surface area contributed by atoms with Gasteiger partial charge in [-0.2, -0.15) is 0 Å². The van der Waals surface area contributed by atoms with Gasteiger partial charge in [0.15, 0.2) is 6.23 Å². The van der Waals surface area contributed by atoms with E-state index in [0.717, 1.165) is 16.7 Å². The lowest BCUT2D eigenvalue weighted by molar-refractivity contribution is -0.127. The Balaban J connectivity index is 1.52. The fourth-order valence-electron chi connectivity index (χ4n) is 5.46. The first-order chi connectivity index (χ1) is 20.3. The van der Waals surface area contributed by atoms with Crippen LogP contribution in [-0.2, 0) is 24.6 Å². The number of aliphatic hydroxyl groups is 1. The number of urea groups is 1. The molecule has 42 heavy (non-hydrogen) atoms. The van der Waals surface area contributed by atoms with E-state index in [2.05, 4.69) is 5.32 Å². The molecule has 2 aliphatic rings. The number of ether oxygens (including phenoxy) is 5. The first kappa shape index (κ1) is 30.2. The van der Waals surface area contributed by atoms with Crippen LogP contribution in [0.15, 0.2) is 78.9 Å². The van der Waals surface area contributed by atoms with Gasteiger partial charge in [0.05, 0.1) is 20.8 Å². The Morgan fingerprint density at radius 1 is 0.905 bits per heavy atom. The van der Waals surface area contributed by atoms with Crippen molar-refractivity contribution < 1.29 is 38.4 Å². The van der Waals surface area contributed by atoms with Crippen molar-refractivity contribution in [1.29, 1.82) is 0 Å². The lowest BCUT2D eigenvalue weighted by Crippen LogP contribution is -2.60. The summed E-state index contributed by atoms with van der Waals surface area (Å²) in [5.41, 5.74) is 1.39. The average molecular weight is 689 g/mol. The van der Waals surface area contributed by atoms with Gasteiger partial charge in [-0.05, 0) is 41.0 Å². The molecule has 2 aliphatic heterocycles. The maximum atomic E-state index is 12.7. The van der Waals surface area contributed by atoms with Gasteiger partial charge in [0.25, 0.3) is 0 Å². The summed E-state index contributed by atoms with van der Waals surface area (Å²) in [6.45, 7) is 0.0776. The molecule has 1 unspecified atom stereocenters. The van der Waals surface area contributed by atoms with Crippen LogP contribution in [0, 0.1) is 0 Å². The lowest BCUT2D eigenvalue weighted by Gasteiger charge is -2.37. The van der Waals surface area contributed by atoms with Crippen molar-refractivity contribution in [2.45, 2.75) is 34.1 Å². The summed E-state index contributed by atoms with van der Waals surface area (Å²) in [6.07, 6.45) is -3.73. The van der Waals surface area contributed by atoms with Gasteiger partial charge in [-0.15, -0.1) is 0 Å². The van der Waals surface area contributed by atoms with Gasteiger partial charge in [0.1, 0.15) is 39.3 Å². The molecule has 0 aromatic heterocycles. The number of carbonyl (C=O) groups is 2. The number of alkyl halides is 1. The van der Waals surface area contributed by atoms with E-state index in [9.17, 15) is 14.7 Å². The van der Waals surface area contributed by atoms with E-state index in [-0.39, 0.29) is 19.1 Å². The molecular formula is C31H33IN2O8. The van der Waals surface area contributed by atoms with Crippen molar-refractivity contribution in [3.63, 3.8) is 0 Å². The molecule has 3 aromatic carbocycles. The highest BCUT2D eigenvalue weighted by Gasteiger charge is 2.51. The number of benzene rings is 3. The molecule has 0 radical (unpaired) electrons. The number of methoxy groups -OCH3 is 3. The van der Waals surface area contributed by atoms with E-state index in [0.29, 0.717) is 11.5 Å². The third-order valence-corrected chi connectivity index (χ3v) is 8.62. The van der Waals surface area contributed by atoms with Gasteiger partial charge in [-0.1, -0.05) is 77.2 Å². The van der Waals surface area contributed by atoms with E-state index in [4.69, 9.17) is 23.7 Å². The van der Waals surface area contributed by atoms with Crippen LogP contribution in [0.25, 0.3) is 0 Å². The van der Waals surface area contributed by atoms with E-state index >= 15 is 0 Å². The molecule has 2 fully saturated rings. The minimum Gasteiger partial charge on any atom is -0.497 e. The Hall–Kier alpha value is -3.23. The summed E-state index contributed by atoms with van der Waals surface area (Å²) >= 11 is 1.97. The molecule has 2 heterocycles. The van der Waals surface area contributed by atoms with Crippen LogP contribution in [0.5, 0.6) is 11.5 Å². The van der Waals surface area contributed by atoms with Crippen molar-refractivity contribution in [2.75, 3.05) is 34.5 Å². The number of carbonyl (C=O) groups excluding carboxylic acids is 2. The Morgan fingerprint density at radius 2 is 1.45 bits per heavy atom. The van der Waals surface area contributed by atoms with Crippen LogP contribution in [0.1, 0.15) is 16.7 Å². The molecule has 10 nitrogen and oxygen atoms in total. The smallest absolute Gasteiger partial charge is 0.326 e. The Bertz CT molecular complexity index is 1320. The summed E-state index contributed by atoms with van der Waals surface area (Å²) < 4.78 is 29.1. The molecule has 0 spiro atoms. The minimum absolute atomic E-state index is 0.0491. The number of nitrogens with one attached hydrogen (secondary N) is 1. The maximum absolute atomic E-state index is 12.7. The molecule has 222 valence electrons. The SMILES string of the molecule is COc1ccc(C(OC[C@H]2O[C@@H](N3CC(I)C(=O)NC3=O)[C@H](OC)[C@@H]2O)(c2ccccc2)c2ccc(OC)cc2)cc1. The van der Waals surface area contributed by atoms with E-state index < -0.39 is 40.1 Å². The third-order valence-electron chi connectivity index (χ3n) is 7.66. The zero-order valence-corrected chi connectivity index (χ0v) is 25.6. The van der Waals surface area contributed by atoms with Crippen LogP contribution in [0.4, 0.5) is 4.79 Å². The summed E-state index contributed by atoms with van der Waals surface area (Å²) in [6, 6.07) is 24.4. The zero-order chi connectivity index (χ0) is 29.9. The standard InChI is InChI=1S/C31H33IN2O8/c1-38-22-13-9-20(10-14-22)31(19-7-5-4-6-8-19,21-11-15-23(39-2)16-12-21)41-18-25-26(35)27(40-3)29(42-25)34-17-24(32)28(36)33-30(34)37/h4-16,24-27,29,35H,17-18H2,1-3H3,(H,33,36,37)/t24?,25-,26-,27-,29-/m1/s1. The van der Waals surface area contributed by atoms with Crippen molar-refractivity contribution in [3.05, 3.63) is 95.6 Å². The van der Waals surface area contributed by atoms with E-state index in [1.807, 2.05) is 101 Å². The van der Waals surface area contributed by atoms with E-state index in [1.54, 1.807) is 14.2 Å². The third kappa shape index (κ3) is 5.71. The molecule has 3 aromatic rings. The number of nitrogens with zero attached hydrogens (tertiary/aromatic N) is 1. The minimum atomic E-state index is -1.12. The predicted molar refractivity (Wildman–Crippen MR) is 162 cm³/mol. The predicted octanol–water partition coefficient (Wildman–Crippen LogP) is 3.47. The van der Waals surface area contributed by atoms with Gasteiger partial charge in [0.2, 0.25) is 5.91 Å². The van der Waals surface area contributed by atoms with Gasteiger partial charge < -0.3 is 28.8 Å². The number of aliphatic hydroxyl groups excluding tert-OH is 1. The van der Waals surface area contributed by atoms with E-state index in [1.165, 1.54) is 12.0 Å². The van der Waals surface area contributed by atoms with Crippen LogP contribution >= 0.6 is 22.6 Å². The fourth-order valence-corrected chi connectivity index (χ4v) is 6.04. The second kappa shape index (κ2) is 13.0. The number of imide groups is 1. The Labute approximate surface area is 258 Å². The average Bonchev–Trinajstić information content (AvgIpc) is 3.34. The second-order valence-electron chi connectivity index (χ2n) is 9.99. The largest absolute Gasteiger partial charge is 0.497 e. The highest BCUT2D eigenvalue weighted by Crippen LogP contribution is 2.42. The van der Waals surface area contributed by atoms with Crippen LogP contribution < -0.4 is 14.8 Å². The number of halogens is 1. The van der Waals surface area contributed by atoms with Gasteiger partial charge >= 0.3 is 6.03 Å². The fraction of sp³-hybridized carbons (Fsp3) is 0.355. The summed E-state index contributed by atoms with van der Waals surface area (Å²) in [5, 5.41) is 13.7. The molecule has 0 bridgehead atoms. The van der Waals surface area contributed by atoms with Crippen molar-refractivity contribution in [1.82, 2.24) is 10.2 Å². The van der Waals surface area contributed by atoms with Gasteiger partial charge in [-0.3, -0.25) is 15.0 Å². The first-order valence-electron chi connectivity index (χ1n) is 13.4. The highest BCUT2D eigenvalue weighted by atomic mass is 127. The highest BCUT2D eigenvalue weighted by molar-refractivity contribution is 14.1. The first-order valence-corrected chi connectivity index (χ1v) is 14.7. The molecule has 0 aliphatic carbocycles. The zero-order valence-electron chi connectivity index (χ0n) is 23.4. The molecule has 2 saturated heterocycles. The Morgan fingerprint density at radius 3 is 1.98 bits per heavy atom. The maximum Gasteiger partial charge on any atom is 0.326 e. The number of hydrogen-bond donors (Lipinski definition) is 2. The number of hydrogen-bond acceptors (Lipinski definition) is 8. The van der Waals surface area contributed by atoms with Crippen LogP contribution in [0.2, 0.25) is 0 Å². The van der Waals surface area contributed by atoms with Crippen LogP contribution in [0.3, 0.4) is 0 Å². The number of amides is 3.